The van der Waals surface area contributed by atoms with Gasteiger partial charge in [0.1, 0.15) is 17.2 Å². The summed E-state index contributed by atoms with van der Waals surface area (Å²) < 4.78 is 10.8. The van der Waals surface area contributed by atoms with Gasteiger partial charge in [0.2, 0.25) is 5.89 Å². The number of amides is 1. The Bertz CT molecular complexity index is 736. The van der Waals surface area contributed by atoms with Gasteiger partial charge in [-0.3, -0.25) is 0 Å². The van der Waals surface area contributed by atoms with Crippen LogP contribution in [0.15, 0.2) is 22.6 Å². The monoisotopic (exact) mass is 363 g/mol. The van der Waals surface area contributed by atoms with Crippen LogP contribution in [-0.2, 0) is 4.74 Å². The highest BCUT2D eigenvalue weighted by atomic mass is 16.6. The molecule has 0 radical (unpaired) electrons. The summed E-state index contributed by atoms with van der Waals surface area (Å²) >= 11 is 0. The van der Waals surface area contributed by atoms with E-state index in [9.17, 15) is 9.90 Å². The van der Waals surface area contributed by atoms with Gasteiger partial charge >= 0.3 is 6.09 Å². The van der Waals surface area contributed by atoms with Crippen molar-refractivity contribution >= 4 is 17.2 Å². The first-order valence-electron chi connectivity index (χ1n) is 8.93. The van der Waals surface area contributed by atoms with Crippen LogP contribution in [0.25, 0.3) is 11.1 Å². The highest BCUT2D eigenvalue weighted by Crippen LogP contribution is 2.24. The van der Waals surface area contributed by atoms with Gasteiger partial charge in [0, 0.05) is 12.6 Å². The number of unbranched alkanes of at least 4 members (excludes halogenated alkanes) is 1. The number of carbonyl (C=O) groups is 1. The molecule has 0 saturated heterocycles. The van der Waals surface area contributed by atoms with Crippen molar-refractivity contribution in [1.29, 1.82) is 0 Å². The number of rotatable bonds is 7. The largest absolute Gasteiger partial charge is 0.444 e. The summed E-state index contributed by atoms with van der Waals surface area (Å²) in [6, 6.07) is 5.19. The van der Waals surface area contributed by atoms with Crippen LogP contribution in [0.2, 0.25) is 0 Å². The van der Waals surface area contributed by atoms with Gasteiger partial charge < -0.3 is 25.3 Å². The Morgan fingerprint density at radius 3 is 2.81 bits per heavy atom. The first-order valence-corrected chi connectivity index (χ1v) is 8.93. The Kier molecular flexibility index (Phi) is 6.61. The molecule has 7 nitrogen and oxygen atoms in total. The van der Waals surface area contributed by atoms with Gasteiger partial charge in [-0.2, -0.15) is 0 Å². The van der Waals surface area contributed by atoms with Crippen LogP contribution in [0, 0.1) is 6.92 Å². The Morgan fingerprint density at radius 2 is 2.12 bits per heavy atom. The molecule has 1 aromatic heterocycles. The molecule has 1 heterocycles. The number of aromatic nitrogens is 1. The number of aliphatic hydroxyl groups excluding tert-OH is 1. The average Bonchev–Trinajstić information content (AvgIpc) is 2.94. The van der Waals surface area contributed by atoms with Crippen molar-refractivity contribution in [2.24, 2.45) is 5.73 Å². The summed E-state index contributed by atoms with van der Waals surface area (Å²) in [5.41, 5.74) is 7.99. The van der Waals surface area contributed by atoms with E-state index in [1.54, 1.807) is 0 Å². The zero-order valence-electron chi connectivity index (χ0n) is 15.9. The van der Waals surface area contributed by atoms with E-state index in [-0.39, 0.29) is 5.89 Å². The number of alkyl carbamates (subject to hydrolysis) is 1. The van der Waals surface area contributed by atoms with Crippen LogP contribution in [0.5, 0.6) is 0 Å². The summed E-state index contributed by atoms with van der Waals surface area (Å²) in [7, 11) is 0. The predicted octanol–water partition coefficient (Wildman–Crippen LogP) is 3.19. The molecule has 0 saturated carbocycles. The van der Waals surface area contributed by atoms with E-state index in [0.29, 0.717) is 24.1 Å². The topological polar surface area (TPSA) is 111 Å². The Balaban J connectivity index is 1.74. The molecule has 1 aromatic carbocycles. The molecular weight excluding hydrogens is 334 g/mol. The third-order valence-corrected chi connectivity index (χ3v) is 3.85. The molecule has 0 spiro atoms. The molecule has 0 aliphatic carbocycles. The zero-order chi connectivity index (χ0) is 19.3. The molecule has 144 valence electrons. The van der Waals surface area contributed by atoms with E-state index in [1.165, 1.54) is 0 Å². The lowest BCUT2D eigenvalue weighted by Gasteiger charge is -2.20. The van der Waals surface area contributed by atoms with Crippen LogP contribution >= 0.6 is 0 Å². The first-order chi connectivity index (χ1) is 12.2. The number of fused-ring (bicyclic) bond motifs is 1. The third kappa shape index (κ3) is 6.00. The number of ether oxygens (including phenoxy) is 1. The van der Waals surface area contributed by atoms with E-state index in [2.05, 4.69) is 10.3 Å². The van der Waals surface area contributed by atoms with Crippen LogP contribution in [0.3, 0.4) is 0 Å². The Morgan fingerprint density at radius 1 is 1.38 bits per heavy atom. The van der Waals surface area contributed by atoms with Gasteiger partial charge in [-0.15, -0.1) is 0 Å². The molecule has 0 fully saturated rings. The SMILES string of the molecule is Cc1ccc2oc(C(O)[C@@H](N)CCCCNC(=O)OC(C)(C)C)nc2c1. The molecule has 0 aliphatic rings. The number of nitrogens with zero attached hydrogens (tertiary/aromatic N) is 1. The van der Waals surface area contributed by atoms with Crippen molar-refractivity contribution in [2.45, 2.75) is 64.7 Å². The number of aryl methyl sites for hydroxylation is 1. The minimum Gasteiger partial charge on any atom is -0.444 e. The van der Waals surface area contributed by atoms with Gasteiger partial charge in [0.25, 0.3) is 0 Å². The number of carbonyl (C=O) groups excluding carboxylic acids is 1. The average molecular weight is 363 g/mol. The molecule has 1 unspecified atom stereocenters. The second kappa shape index (κ2) is 8.51. The highest BCUT2D eigenvalue weighted by Gasteiger charge is 2.22. The highest BCUT2D eigenvalue weighted by molar-refractivity contribution is 5.73. The van der Waals surface area contributed by atoms with E-state index < -0.39 is 23.8 Å². The number of hydrogen-bond donors (Lipinski definition) is 3. The van der Waals surface area contributed by atoms with E-state index in [1.807, 2.05) is 45.9 Å². The molecule has 7 heteroatoms. The standard InChI is InChI=1S/C19H29N3O4/c1-12-8-9-15-14(11-12)22-17(25-15)16(23)13(20)7-5-6-10-21-18(24)26-19(2,3)4/h8-9,11,13,16,23H,5-7,10,20H2,1-4H3,(H,21,24)/t13-,16?/m0/s1. The molecule has 0 aliphatic heterocycles. The van der Waals surface area contributed by atoms with Crippen LogP contribution in [0.1, 0.15) is 57.6 Å². The van der Waals surface area contributed by atoms with Crippen molar-refractivity contribution in [1.82, 2.24) is 10.3 Å². The van der Waals surface area contributed by atoms with Crippen molar-refractivity contribution in [3.63, 3.8) is 0 Å². The molecule has 2 aromatic rings. The quantitative estimate of drug-likeness (QED) is 0.652. The number of hydrogen-bond acceptors (Lipinski definition) is 6. The molecule has 2 atom stereocenters. The summed E-state index contributed by atoms with van der Waals surface area (Å²) in [4.78, 5) is 15.9. The minimum atomic E-state index is -0.957. The molecule has 2 rings (SSSR count). The second-order valence-corrected chi connectivity index (χ2v) is 7.56. The molecule has 26 heavy (non-hydrogen) atoms. The third-order valence-electron chi connectivity index (χ3n) is 3.85. The predicted molar refractivity (Wildman–Crippen MR) is 99.8 cm³/mol. The Hall–Kier alpha value is -2.12. The van der Waals surface area contributed by atoms with Gasteiger partial charge in [0.15, 0.2) is 5.58 Å². The number of oxazole rings is 1. The van der Waals surface area contributed by atoms with Crippen molar-refractivity contribution in [3.8, 4) is 0 Å². The van der Waals surface area contributed by atoms with Crippen LogP contribution < -0.4 is 11.1 Å². The van der Waals surface area contributed by atoms with Gasteiger partial charge in [-0.1, -0.05) is 12.5 Å². The van der Waals surface area contributed by atoms with Gasteiger partial charge in [0.05, 0.1) is 0 Å². The van der Waals surface area contributed by atoms with Crippen LogP contribution in [-0.4, -0.2) is 34.4 Å². The second-order valence-electron chi connectivity index (χ2n) is 7.56. The molecule has 4 N–H and O–H groups in total. The van der Waals surface area contributed by atoms with Crippen LogP contribution in [0.4, 0.5) is 4.79 Å². The fraction of sp³-hybridized carbons (Fsp3) is 0.579. The van der Waals surface area contributed by atoms with Gasteiger partial charge in [-0.05, 0) is 58.2 Å². The lowest BCUT2D eigenvalue weighted by atomic mass is 10.0. The number of aliphatic hydroxyl groups is 1. The summed E-state index contributed by atoms with van der Waals surface area (Å²) in [6.07, 6.45) is 0.708. The van der Waals surface area contributed by atoms with Gasteiger partial charge in [-0.25, -0.2) is 9.78 Å². The Labute approximate surface area is 153 Å². The molecular formula is C19H29N3O4. The normalized spacial score (nSPS) is 14.2. The first kappa shape index (κ1) is 20.2. The number of benzene rings is 1. The zero-order valence-corrected chi connectivity index (χ0v) is 15.9. The smallest absolute Gasteiger partial charge is 0.407 e. The van der Waals surface area contributed by atoms with E-state index in [0.717, 1.165) is 18.4 Å². The van der Waals surface area contributed by atoms with Crippen molar-refractivity contribution in [2.75, 3.05) is 6.54 Å². The number of nitrogens with one attached hydrogen (secondary N) is 1. The maximum absolute atomic E-state index is 11.5. The van der Waals surface area contributed by atoms with Crippen molar-refractivity contribution in [3.05, 3.63) is 29.7 Å². The lowest BCUT2D eigenvalue weighted by molar-refractivity contribution is 0.0526. The maximum Gasteiger partial charge on any atom is 0.407 e. The maximum atomic E-state index is 11.5. The molecule has 1 amide bonds. The lowest BCUT2D eigenvalue weighted by Crippen LogP contribution is -2.33. The molecule has 0 bridgehead atoms. The summed E-state index contributed by atoms with van der Waals surface area (Å²) in [6.45, 7) is 7.93. The summed E-state index contributed by atoms with van der Waals surface area (Å²) in [5, 5.41) is 13.1. The summed E-state index contributed by atoms with van der Waals surface area (Å²) in [5.74, 6) is 0.241. The van der Waals surface area contributed by atoms with Crippen molar-refractivity contribution < 1.29 is 19.1 Å². The fourth-order valence-corrected chi connectivity index (χ4v) is 2.53. The fourth-order valence-electron chi connectivity index (χ4n) is 2.53. The minimum absolute atomic E-state index is 0.241. The van der Waals surface area contributed by atoms with E-state index >= 15 is 0 Å². The van der Waals surface area contributed by atoms with E-state index in [4.69, 9.17) is 14.9 Å². The number of nitrogens with two attached hydrogens (primary N) is 1.